The second kappa shape index (κ2) is 15.2. The van der Waals surface area contributed by atoms with Crippen molar-refractivity contribution in [3.63, 3.8) is 0 Å². The second-order valence-corrected chi connectivity index (χ2v) is 4.98. The number of nitriles is 1. The molecule has 0 heterocycles. The van der Waals surface area contributed by atoms with Gasteiger partial charge in [-0.2, -0.15) is 5.26 Å². The number of carbonyl (C=O) groups is 1. The molecule has 0 saturated heterocycles. The van der Waals surface area contributed by atoms with E-state index in [0.717, 1.165) is 17.8 Å². The highest BCUT2D eigenvalue weighted by atomic mass is 16.1. The topological polar surface area (TPSA) is 52.9 Å². The van der Waals surface area contributed by atoms with E-state index in [0.29, 0.717) is 0 Å². The third kappa shape index (κ3) is 10.7. The zero-order chi connectivity index (χ0) is 15.1. The van der Waals surface area contributed by atoms with Crippen molar-refractivity contribution >= 4 is 6.29 Å². The third-order valence-corrected chi connectivity index (χ3v) is 3.80. The fourth-order valence-corrected chi connectivity index (χ4v) is 2.68. The molecular formula is C16H32N2O. The fourth-order valence-electron chi connectivity index (χ4n) is 2.68. The highest BCUT2D eigenvalue weighted by Gasteiger charge is 2.25. The van der Waals surface area contributed by atoms with Gasteiger partial charge in [-0.15, -0.1) is 0 Å². The van der Waals surface area contributed by atoms with E-state index in [1.807, 2.05) is 13.8 Å². The number of nitrogens with one attached hydrogen (secondary N) is 1. The average molecular weight is 268 g/mol. The maximum Gasteiger partial charge on any atom is 0.219 e. The van der Waals surface area contributed by atoms with Gasteiger partial charge in [-0.3, -0.25) is 4.79 Å². The summed E-state index contributed by atoms with van der Waals surface area (Å²) in [7, 11) is 2.07. The molecule has 0 aromatic rings. The van der Waals surface area contributed by atoms with Gasteiger partial charge in [0.1, 0.15) is 6.07 Å². The Bertz CT molecular complexity index is 235. The maximum absolute atomic E-state index is 8.81. The Morgan fingerprint density at radius 2 is 2.00 bits per heavy atom. The van der Waals surface area contributed by atoms with Gasteiger partial charge < -0.3 is 5.32 Å². The summed E-state index contributed by atoms with van der Waals surface area (Å²) in [6, 6.07) is 1.25. The predicted molar refractivity (Wildman–Crippen MR) is 81.9 cm³/mol. The number of hydrogen-bond donors (Lipinski definition) is 1. The first-order chi connectivity index (χ1) is 9.19. The van der Waals surface area contributed by atoms with Crippen molar-refractivity contribution in [2.24, 2.45) is 17.8 Å². The van der Waals surface area contributed by atoms with E-state index in [1.54, 1.807) is 0 Å². The minimum absolute atomic E-state index is 0.181. The van der Waals surface area contributed by atoms with Crippen LogP contribution in [0.25, 0.3) is 0 Å². The molecule has 3 atom stereocenters. The molecule has 112 valence electrons. The summed E-state index contributed by atoms with van der Waals surface area (Å²) in [6.45, 7) is 9.96. The molecule has 3 unspecified atom stereocenters. The largest absolute Gasteiger partial charge is 0.319 e. The first kappa shape index (κ1) is 20.4. The Morgan fingerprint density at radius 1 is 1.42 bits per heavy atom. The summed E-state index contributed by atoms with van der Waals surface area (Å²) in [4.78, 5) is 8.81. The van der Waals surface area contributed by atoms with Gasteiger partial charge in [0.2, 0.25) is 6.29 Å². The number of rotatable bonds is 5. The van der Waals surface area contributed by atoms with Crippen LogP contribution in [-0.4, -0.2) is 19.9 Å². The normalized spacial score (nSPS) is 22.1. The Hall–Kier alpha value is -0.880. The molecule has 0 bridgehead atoms. The monoisotopic (exact) mass is 268 g/mol. The second-order valence-electron chi connectivity index (χ2n) is 4.98. The van der Waals surface area contributed by atoms with E-state index in [-0.39, 0.29) is 6.29 Å². The fraction of sp³-hybridized carbons (Fsp3) is 0.875. The van der Waals surface area contributed by atoms with Crippen molar-refractivity contribution in [1.82, 2.24) is 5.32 Å². The summed E-state index contributed by atoms with van der Waals surface area (Å²) in [5.41, 5.74) is 0. The Balaban J connectivity index is 0. The van der Waals surface area contributed by atoms with E-state index < -0.39 is 0 Å². The summed E-state index contributed by atoms with van der Waals surface area (Å²) in [5, 5.41) is 10.6. The Morgan fingerprint density at radius 3 is 2.32 bits per heavy atom. The molecule has 0 aliphatic heterocycles. The molecule has 1 aliphatic rings. The number of nitrogens with zero attached hydrogens (tertiary/aromatic N) is 1. The summed E-state index contributed by atoms with van der Waals surface area (Å²) in [6.07, 6.45) is 7.41. The zero-order valence-electron chi connectivity index (χ0n) is 13.4. The van der Waals surface area contributed by atoms with Crippen LogP contribution in [0.3, 0.4) is 0 Å². The molecule has 1 N–H and O–H groups in total. The predicted octanol–water partition coefficient (Wildman–Crippen LogP) is 3.79. The van der Waals surface area contributed by atoms with Crippen LogP contribution in [-0.2, 0) is 4.79 Å². The number of aldehydes is 1. The van der Waals surface area contributed by atoms with Gasteiger partial charge in [0.15, 0.2) is 0 Å². The zero-order valence-corrected chi connectivity index (χ0v) is 13.4. The molecule has 1 rings (SSSR count). The summed E-state index contributed by atoms with van der Waals surface area (Å²) < 4.78 is 0. The molecule has 1 aliphatic carbocycles. The highest BCUT2D eigenvalue weighted by molar-refractivity contribution is 5.68. The molecule has 1 fully saturated rings. The number of hydrogen-bond acceptors (Lipinski definition) is 3. The third-order valence-electron chi connectivity index (χ3n) is 3.80. The molecule has 0 aromatic carbocycles. The van der Waals surface area contributed by atoms with E-state index >= 15 is 0 Å². The van der Waals surface area contributed by atoms with Crippen LogP contribution < -0.4 is 5.32 Å². The minimum atomic E-state index is 0.181. The van der Waals surface area contributed by atoms with E-state index in [2.05, 4.69) is 26.2 Å². The molecule has 1 saturated carbocycles. The Kier molecular flexibility index (Phi) is 16.3. The maximum atomic E-state index is 8.81. The van der Waals surface area contributed by atoms with Gasteiger partial charge in [0.05, 0.1) is 0 Å². The smallest absolute Gasteiger partial charge is 0.219 e. The molecule has 0 radical (unpaired) electrons. The molecular weight excluding hydrogens is 236 g/mol. The van der Waals surface area contributed by atoms with Gasteiger partial charge in [0.25, 0.3) is 0 Å². The Labute approximate surface area is 119 Å². The van der Waals surface area contributed by atoms with Gasteiger partial charge in [-0.05, 0) is 37.8 Å². The van der Waals surface area contributed by atoms with Gasteiger partial charge in [-0.1, -0.05) is 53.4 Å². The van der Waals surface area contributed by atoms with Crippen LogP contribution in [0.5, 0.6) is 0 Å². The van der Waals surface area contributed by atoms with Crippen molar-refractivity contribution in [2.75, 3.05) is 13.6 Å². The quantitative estimate of drug-likeness (QED) is 0.609. The number of carbonyl (C=O) groups excluding carboxylic acids is 1. The molecule has 0 spiro atoms. The lowest BCUT2D eigenvalue weighted by atomic mass is 9.86. The van der Waals surface area contributed by atoms with Crippen molar-refractivity contribution in [1.29, 1.82) is 5.26 Å². The van der Waals surface area contributed by atoms with Crippen LogP contribution in [0.15, 0.2) is 0 Å². The van der Waals surface area contributed by atoms with Gasteiger partial charge >= 0.3 is 0 Å². The first-order valence-electron chi connectivity index (χ1n) is 7.67. The SMILES string of the molecule is CC.CCC(CNC)CC1CCCC1C.N#CC=O. The molecule has 3 nitrogen and oxygen atoms in total. The van der Waals surface area contributed by atoms with Gasteiger partial charge in [-0.25, -0.2) is 0 Å². The average Bonchev–Trinajstić information content (AvgIpc) is 2.86. The summed E-state index contributed by atoms with van der Waals surface area (Å²) in [5.74, 6) is 2.93. The van der Waals surface area contributed by atoms with E-state index in [9.17, 15) is 0 Å². The van der Waals surface area contributed by atoms with Crippen molar-refractivity contribution < 1.29 is 4.79 Å². The molecule has 3 heteroatoms. The lowest BCUT2D eigenvalue weighted by Gasteiger charge is -2.21. The van der Waals surface area contributed by atoms with E-state index in [1.165, 1.54) is 44.7 Å². The molecule has 19 heavy (non-hydrogen) atoms. The van der Waals surface area contributed by atoms with Crippen molar-refractivity contribution in [3.8, 4) is 6.07 Å². The summed E-state index contributed by atoms with van der Waals surface area (Å²) >= 11 is 0. The van der Waals surface area contributed by atoms with Crippen molar-refractivity contribution in [2.45, 2.75) is 59.8 Å². The molecule has 0 aromatic heterocycles. The van der Waals surface area contributed by atoms with Crippen LogP contribution >= 0.6 is 0 Å². The lowest BCUT2D eigenvalue weighted by molar-refractivity contribution is -0.103. The standard InChI is InChI=1S/C12H25N.C2HNO.C2H6/c1-4-11(9-13-3)8-12-7-5-6-10(12)2;3-1-2-4;1-2/h10-13H,4-9H2,1-3H3;2H;1-2H3. The highest BCUT2D eigenvalue weighted by Crippen LogP contribution is 2.36. The van der Waals surface area contributed by atoms with Crippen LogP contribution in [0.4, 0.5) is 0 Å². The molecule has 0 amide bonds. The minimum Gasteiger partial charge on any atom is -0.319 e. The lowest BCUT2D eigenvalue weighted by Crippen LogP contribution is -2.21. The van der Waals surface area contributed by atoms with Crippen molar-refractivity contribution in [3.05, 3.63) is 0 Å². The van der Waals surface area contributed by atoms with Crippen LogP contribution in [0, 0.1) is 29.1 Å². The van der Waals surface area contributed by atoms with Gasteiger partial charge in [0, 0.05) is 0 Å². The first-order valence-corrected chi connectivity index (χ1v) is 7.67. The van der Waals surface area contributed by atoms with Crippen LogP contribution in [0.1, 0.15) is 59.8 Å². The van der Waals surface area contributed by atoms with Crippen LogP contribution in [0.2, 0.25) is 0 Å². The van der Waals surface area contributed by atoms with E-state index in [4.69, 9.17) is 10.1 Å².